The molecule has 0 aromatic rings. The van der Waals surface area contributed by atoms with Crippen molar-refractivity contribution in [2.75, 3.05) is 26.3 Å². The number of carbonyl (C=O) groups is 10. The highest BCUT2D eigenvalue weighted by Crippen LogP contribution is 2.08. The fourth-order valence-electron chi connectivity index (χ4n) is 4.74. The van der Waals surface area contributed by atoms with E-state index < -0.39 is 166 Å². The summed E-state index contributed by atoms with van der Waals surface area (Å²) >= 11 is 0. The molecule has 0 heterocycles. The summed E-state index contributed by atoms with van der Waals surface area (Å²) < 4.78 is 61.8. The van der Waals surface area contributed by atoms with Crippen molar-refractivity contribution in [1.29, 1.82) is 0 Å². The number of aliphatic hydroxyl groups excluding tert-OH is 2. The van der Waals surface area contributed by atoms with Crippen LogP contribution in [0.4, 0.5) is 0 Å². The van der Waals surface area contributed by atoms with Gasteiger partial charge in [-0.15, -0.1) is 0 Å². The first-order valence-electron chi connectivity index (χ1n) is 21.7. The van der Waals surface area contributed by atoms with Crippen LogP contribution in [0.5, 0.6) is 0 Å². The minimum atomic E-state index is -3.92. The molecule has 0 saturated heterocycles. The Morgan fingerprint density at radius 3 is 1.62 bits per heavy atom. The van der Waals surface area contributed by atoms with Gasteiger partial charge < -0.3 is 74.2 Å². The van der Waals surface area contributed by atoms with Crippen LogP contribution in [-0.4, -0.2) is 153 Å². The molecule has 330 valence electrons. The Balaban J connectivity index is 6.20. The van der Waals surface area contributed by atoms with Gasteiger partial charge in [0.1, 0.15) is 36.3 Å². The Morgan fingerprint density at radius 2 is 1.12 bits per heavy atom. The minimum absolute atomic E-state index is 0.149. The molecule has 0 fully saturated rings. The standard InChI is InChI=1S/C34H59N9O15/c1-16(2)11-20(41-33(56)27(36)17(3)4)31(54)42-22(14-44)28(51)37-13-24(46)38-19(8-9-25(47)48)30(53)40-21(12-26(49)50)32(55)39-18(7-5-6-10-35)29(52)43-23(15-45)34(57)58/h16-23,27,44-45H,5-15,35-36H2,1-4H3,(H,37,51)(H,38,46)(H,39,55)(H,40,53)(H,41,56)(H,42,54)(H,43,52)(H,47,48)(H,49,50)(H,57,58)/t18-,19-,20-,21-,22-,23-,27-/m0/s1/i3D3,4D3,17D,27D. The Kier molecular flexibility index (Phi) is 18.5. The lowest BCUT2D eigenvalue weighted by Crippen LogP contribution is -2.59. The molecule has 7 atom stereocenters. The number of nitrogens with one attached hydrogen (secondary N) is 7. The highest BCUT2D eigenvalue weighted by molar-refractivity contribution is 5.97. The van der Waals surface area contributed by atoms with Gasteiger partial charge >= 0.3 is 17.9 Å². The van der Waals surface area contributed by atoms with Crippen molar-refractivity contribution in [2.45, 2.75) is 115 Å². The first-order chi connectivity index (χ1) is 30.2. The van der Waals surface area contributed by atoms with Crippen LogP contribution in [0.2, 0.25) is 0 Å². The van der Waals surface area contributed by atoms with E-state index in [1.165, 1.54) is 13.8 Å². The Bertz CT molecular complexity index is 1740. The van der Waals surface area contributed by atoms with Crippen LogP contribution in [0.15, 0.2) is 0 Å². The van der Waals surface area contributed by atoms with Crippen LogP contribution in [-0.2, 0) is 47.9 Å². The molecule has 16 N–H and O–H groups in total. The molecule has 0 spiro atoms. The number of carbonyl (C=O) groups excluding carboxylic acids is 7. The zero-order chi connectivity index (χ0) is 51.5. The average Bonchev–Trinajstić information content (AvgIpc) is 3.19. The lowest BCUT2D eigenvalue weighted by Gasteiger charge is -2.26. The molecule has 24 heteroatoms. The quantitative estimate of drug-likeness (QED) is 0.0313. The SMILES string of the molecule is [2H]C([2H])([2H])C([2H])(C([2H])([2H])[2H])[C@]([2H])(N)C(=O)N[C@@H](CC(C)C)C(=O)N[C@@H](CO)C(=O)NCC(=O)N[C@@H](CCC(=O)O)C(=O)N[C@@H](CC(=O)O)C(=O)N[C@@H](CCCCN)C(=O)N[C@@H](CO)C(=O)O. The number of aliphatic hydroxyl groups is 2. The largest absolute Gasteiger partial charge is 0.481 e. The van der Waals surface area contributed by atoms with Crippen molar-refractivity contribution in [3.05, 3.63) is 0 Å². The second-order valence-electron chi connectivity index (χ2n) is 13.0. The molecular weight excluding hydrogens is 774 g/mol. The third kappa shape index (κ3) is 20.6. The molecular formula is C34H59N9O15. The highest BCUT2D eigenvalue weighted by Gasteiger charge is 2.33. The molecule has 7 amide bonds. The lowest BCUT2D eigenvalue weighted by atomic mass is 10.0. The van der Waals surface area contributed by atoms with E-state index in [1.54, 1.807) is 0 Å². The van der Waals surface area contributed by atoms with E-state index in [-0.39, 0.29) is 25.8 Å². The van der Waals surface area contributed by atoms with Gasteiger partial charge in [0, 0.05) is 16.0 Å². The molecule has 0 aromatic heterocycles. The van der Waals surface area contributed by atoms with Crippen molar-refractivity contribution in [3.8, 4) is 0 Å². The van der Waals surface area contributed by atoms with Gasteiger partial charge in [-0.2, -0.15) is 0 Å². The van der Waals surface area contributed by atoms with Crippen molar-refractivity contribution in [1.82, 2.24) is 37.2 Å². The third-order valence-electron chi connectivity index (χ3n) is 7.77. The van der Waals surface area contributed by atoms with Crippen LogP contribution in [0.25, 0.3) is 0 Å². The fourth-order valence-corrected chi connectivity index (χ4v) is 4.74. The van der Waals surface area contributed by atoms with Crippen LogP contribution < -0.4 is 48.7 Å². The maximum Gasteiger partial charge on any atom is 0.328 e. The molecule has 0 saturated carbocycles. The van der Waals surface area contributed by atoms with E-state index in [4.69, 9.17) is 22.4 Å². The highest BCUT2D eigenvalue weighted by atomic mass is 16.4. The van der Waals surface area contributed by atoms with Gasteiger partial charge in [-0.3, -0.25) is 43.2 Å². The zero-order valence-electron chi connectivity index (χ0n) is 39.8. The van der Waals surface area contributed by atoms with Gasteiger partial charge in [0.2, 0.25) is 41.4 Å². The molecule has 0 aliphatic rings. The Labute approximate surface area is 345 Å². The van der Waals surface area contributed by atoms with E-state index in [0.29, 0.717) is 6.42 Å². The predicted molar refractivity (Wildman–Crippen MR) is 201 cm³/mol. The van der Waals surface area contributed by atoms with Gasteiger partial charge in [-0.05, 0) is 50.5 Å². The number of aliphatic carboxylic acids is 3. The maximum absolute atomic E-state index is 13.4. The number of nitrogens with two attached hydrogens (primary N) is 2. The predicted octanol–water partition coefficient (Wildman–Crippen LogP) is -5.42. The molecule has 0 bridgehead atoms. The Hall–Kier alpha value is -5.46. The van der Waals surface area contributed by atoms with Crippen LogP contribution >= 0.6 is 0 Å². The zero-order valence-corrected chi connectivity index (χ0v) is 31.8. The number of unbranched alkanes of at least 4 members (excludes halogenated alkanes) is 1. The summed E-state index contributed by atoms with van der Waals surface area (Å²) in [5.74, 6) is -18.6. The molecule has 0 radical (unpaired) electrons. The van der Waals surface area contributed by atoms with Gasteiger partial charge in [-0.1, -0.05) is 27.6 Å². The number of hydrogen-bond acceptors (Lipinski definition) is 14. The number of rotatable bonds is 29. The van der Waals surface area contributed by atoms with Gasteiger partial charge in [0.25, 0.3) is 0 Å². The molecule has 24 nitrogen and oxygen atoms in total. The molecule has 0 rings (SSSR count). The normalized spacial score (nSPS) is 17.8. The molecule has 0 aliphatic carbocycles. The fraction of sp³-hybridized carbons (Fsp3) is 0.706. The average molecular weight is 842 g/mol. The van der Waals surface area contributed by atoms with Crippen molar-refractivity contribution in [2.24, 2.45) is 23.3 Å². The monoisotopic (exact) mass is 841 g/mol. The summed E-state index contributed by atoms with van der Waals surface area (Å²) in [6, 6.07) is -14.6. The van der Waals surface area contributed by atoms with E-state index >= 15 is 0 Å². The number of carboxylic acid groups (broad SMARTS) is 3. The van der Waals surface area contributed by atoms with Crippen LogP contribution in [0.1, 0.15) is 83.5 Å². The topological polar surface area (TPSA) is 408 Å². The number of hydrogen-bond donors (Lipinski definition) is 14. The Morgan fingerprint density at radius 1 is 0.621 bits per heavy atom. The molecule has 0 unspecified atom stereocenters. The second kappa shape index (κ2) is 27.2. The van der Waals surface area contributed by atoms with E-state index in [1.807, 2.05) is 26.6 Å². The first kappa shape index (κ1) is 39.4. The smallest absolute Gasteiger partial charge is 0.328 e. The van der Waals surface area contributed by atoms with Gasteiger partial charge in [0.15, 0.2) is 0 Å². The van der Waals surface area contributed by atoms with E-state index in [0.717, 1.165) is 0 Å². The van der Waals surface area contributed by atoms with Crippen LogP contribution in [0.3, 0.4) is 0 Å². The summed E-state index contributed by atoms with van der Waals surface area (Å²) in [4.78, 5) is 126. The summed E-state index contributed by atoms with van der Waals surface area (Å²) in [6.07, 6.45) is -2.61. The van der Waals surface area contributed by atoms with Crippen molar-refractivity contribution < 1.29 is 84.4 Å². The summed E-state index contributed by atoms with van der Waals surface area (Å²) in [5, 5.41) is 61.4. The minimum Gasteiger partial charge on any atom is -0.481 e. The number of carboxylic acids is 3. The molecule has 0 aromatic carbocycles. The van der Waals surface area contributed by atoms with E-state index in [9.17, 15) is 73.5 Å². The van der Waals surface area contributed by atoms with Crippen molar-refractivity contribution >= 4 is 59.3 Å². The summed E-state index contributed by atoms with van der Waals surface area (Å²) in [6.45, 7) is -7.72. The maximum atomic E-state index is 13.4. The third-order valence-corrected chi connectivity index (χ3v) is 7.77. The van der Waals surface area contributed by atoms with E-state index in [2.05, 4.69) is 10.6 Å². The van der Waals surface area contributed by atoms with Gasteiger partial charge in [0.05, 0.1) is 33.6 Å². The van der Waals surface area contributed by atoms with Gasteiger partial charge in [-0.25, -0.2) is 4.79 Å². The van der Waals surface area contributed by atoms with Crippen LogP contribution in [0, 0.1) is 11.8 Å². The summed E-state index contributed by atoms with van der Waals surface area (Å²) in [5.41, 5.74) is 11.1. The summed E-state index contributed by atoms with van der Waals surface area (Å²) in [7, 11) is 0. The number of amides is 7. The lowest BCUT2D eigenvalue weighted by molar-refractivity contribution is -0.144. The first-order valence-corrected chi connectivity index (χ1v) is 17.7. The molecule has 58 heavy (non-hydrogen) atoms. The second-order valence-corrected chi connectivity index (χ2v) is 13.0. The van der Waals surface area contributed by atoms with Crippen molar-refractivity contribution in [3.63, 3.8) is 0 Å². The molecule has 0 aliphatic heterocycles.